The molecule has 1 fully saturated rings. The number of halogens is 1. The quantitative estimate of drug-likeness (QED) is 0.838. The van der Waals surface area contributed by atoms with Crippen LogP contribution in [0.3, 0.4) is 0 Å². The first-order valence-electron chi connectivity index (χ1n) is 6.09. The van der Waals surface area contributed by atoms with Crippen molar-refractivity contribution >= 4 is 17.4 Å². The van der Waals surface area contributed by atoms with E-state index in [0.29, 0.717) is 11.2 Å². The molecule has 0 atom stereocenters. The van der Waals surface area contributed by atoms with Gasteiger partial charge < -0.3 is 5.32 Å². The van der Waals surface area contributed by atoms with Gasteiger partial charge in [-0.1, -0.05) is 46.2 Å². The highest BCUT2D eigenvalue weighted by atomic mass is 35.5. The van der Waals surface area contributed by atoms with Gasteiger partial charge >= 0.3 is 0 Å². The van der Waals surface area contributed by atoms with Gasteiger partial charge in [-0.15, -0.1) is 0 Å². The lowest BCUT2D eigenvalue weighted by Gasteiger charge is -2.08. The molecule has 0 amide bonds. The molecule has 1 N–H and O–H groups in total. The molecule has 3 nitrogen and oxygen atoms in total. The smallest absolute Gasteiger partial charge is 0.134 e. The summed E-state index contributed by atoms with van der Waals surface area (Å²) in [7, 11) is 0. The molecule has 0 spiro atoms. The molecule has 0 unspecified atom stereocenters. The van der Waals surface area contributed by atoms with E-state index in [1.54, 1.807) is 6.07 Å². The van der Waals surface area contributed by atoms with E-state index >= 15 is 0 Å². The minimum atomic E-state index is 0.288. The van der Waals surface area contributed by atoms with Gasteiger partial charge in [0.25, 0.3) is 0 Å². The number of hydrogen-bond acceptors (Lipinski definition) is 3. The van der Waals surface area contributed by atoms with Crippen molar-refractivity contribution in [3.63, 3.8) is 0 Å². The van der Waals surface area contributed by atoms with E-state index in [-0.39, 0.29) is 10.8 Å². The molecule has 2 rings (SSSR count). The minimum absolute atomic E-state index is 0.288. The molecule has 1 saturated carbocycles. The van der Waals surface area contributed by atoms with Crippen LogP contribution in [-0.4, -0.2) is 16.0 Å². The van der Waals surface area contributed by atoms with Gasteiger partial charge in [0, 0.05) is 18.5 Å². The maximum Gasteiger partial charge on any atom is 0.134 e. The van der Waals surface area contributed by atoms with Crippen molar-refractivity contribution in [2.24, 2.45) is 10.8 Å². The van der Waals surface area contributed by atoms with Gasteiger partial charge in [0.2, 0.25) is 0 Å². The lowest BCUT2D eigenvalue weighted by Crippen LogP contribution is -2.12. The molecule has 94 valence electrons. The second-order valence-corrected chi connectivity index (χ2v) is 6.25. The Morgan fingerprint density at radius 1 is 1.24 bits per heavy atom. The lowest BCUT2D eigenvalue weighted by molar-refractivity contribution is 0.457. The Morgan fingerprint density at radius 3 is 2.29 bits per heavy atom. The molecule has 0 aromatic carbocycles. The van der Waals surface area contributed by atoms with Gasteiger partial charge in [-0.2, -0.15) is 0 Å². The van der Waals surface area contributed by atoms with Gasteiger partial charge in [0.1, 0.15) is 16.8 Å². The zero-order valence-electron chi connectivity index (χ0n) is 11.1. The first kappa shape index (κ1) is 12.6. The van der Waals surface area contributed by atoms with Crippen molar-refractivity contribution in [2.75, 3.05) is 5.32 Å². The molecule has 1 aliphatic carbocycles. The first-order valence-corrected chi connectivity index (χ1v) is 6.47. The number of aryl methyl sites for hydroxylation is 1. The number of rotatable bonds is 3. The van der Waals surface area contributed by atoms with Crippen molar-refractivity contribution in [1.82, 2.24) is 9.97 Å². The van der Waals surface area contributed by atoms with Crippen molar-refractivity contribution in [1.29, 1.82) is 0 Å². The second-order valence-electron chi connectivity index (χ2n) is 5.87. The molecular weight excluding hydrogens is 234 g/mol. The third-order valence-corrected chi connectivity index (χ3v) is 4.56. The number of hydrogen-bond donors (Lipinski definition) is 1. The molecule has 4 heteroatoms. The van der Waals surface area contributed by atoms with Crippen LogP contribution < -0.4 is 5.32 Å². The van der Waals surface area contributed by atoms with Crippen LogP contribution in [0, 0.1) is 10.8 Å². The highest BCUT2D eigenvalue weighted by molar-refractivity contribution is 6.29. The van der Waals surface area contributed by atoms with Gasteiger partial charge in [-0.25, -0.2) is 9.97 Å². The topological polar surface area (TPSA) is 37.8 Å². The molecular formula is C13H20ClN3. The van der Waals surface area contributed by atoms with Crippen LogP contribution in [0.1, 0.15) is 40.4 Å². The Kier molecular flexibility index (Phi) is 2.85. The summed E-state index contributed by atoms with van der Waals surface area (Å²) < 4.78 is 0. The molecule has 1 aromatic heterocycles. The summed E-state index contributed by atoms with van der Waals surface area (Å²) >= 11 is 5.98. The Labute approximate surface area is 108 Å². The van der Waals surface area contributed by atoms with Crippen LogP contribution in [0.15, 0.2) is 6.07 Å². The maximum absolute atomic E-state index is 5.98. The summed E-state index contributed by atoms with van der Waals surface area (Å²) in [5, 5.41) is 3.99. The predicted molar refractivity (Wildman–Crippen MR) is 71.4 cm³/mol. The molecule has 0 radical (unpaired) electrons. The Balaban J connectivity index is 2.18. The second kappa shape index (κ2) is 3.84. The zero-order chi connectivity index (χ0) is 12.8. The van der Waals surface area contributed by atoms with Crippen LogP contribution in [0.25, 0.3) is 0 Å². The molecule has 1 aromatic rings. The third-order valence-electron chi connectivity index (χ3n) is 4.37. The van der Waals surface area contributed by atoms with Crippen LogP contribution in [0.2, 0.25) is 5.15 Å². The Morgan fingerprint density at radius 2 is 1.82 bits per heavy atom. The number of nitrogens with zero attached hydrogens (tertiary/aromatic N) is 2. The maximum atomic E-state index is 5.98. The zero-order valence-corrected chi connectivity index (χ0v) is 11.9. The average molecular weight is 254 g/mol. The van der Waals surface area contributed by atoms with Crippen LogP contribution in [-0.2, 0) is 6.42 Å². The molecule has 1 aliphatic rings. The minimum Gasteiger partial charge on any atom is -0.366 e. The molecule has 17 heavy (non-hydrogen) atoms. The monoisotopic (exact) mass is 253 g/mol. The number of anilines is 1. The van der Waals surface area contributed by atoms with E-state index in [1.807, 2.05) is 6.92 Å². The SMILES string of the molecule is CCc1nc(Cl)cc(NC2C(C)(C)C2(C)C)n1. The molecule has 1 heterocycles. The van der Waals surface area contributed by atoms with Gasteiger partial charge in [-0.05, 0) is 10.8 Å². The van der Waals surface area contributed by atoms with Crippen molar-refractivity contribution in [2.45, 2.75) is 47.1 Å². The van der Waals surface area contributed by atoms with E-state index in [1.165, 1.54) is 0 Å². The summed E-state index contributed by atoms with van der Waals surface area (Å²) in [6.45, 7) is 11.1. The molecule has 0 aliphatic heterocycles. The summed E-state index contributed by atoms with van der Waals surface area (Å²) in [6.07, 6.45) is 0.798. The van der Waals surface area contributed by atoms with Crippen molar-refractivity contribution in [3.8, 4) is 0 Å². The lowest BCUT2D eigenvalue weighted by atomic mass is 10.0. The molecule has 0 saturated heterocycles. The van der Waals surface area contributed by atoms with Crippen LogP contribution in [0.4, 0.5) is 5.82 Å². The fraction of sp³-hybridized carbons (Fsp3) is 0.692. The molecule has 0 bridgehead atoms. The average Bonchev–Trinajstić information content (AvgIpc) is 2.60. The van der Waals surface area contributed by atoms with Crippen LogP contribution in [0.5, 0.6) is 0 Å². The van der Waals surface area contributed by atoms with Gasteiger partial charge in [0.15, 0.2) is 0 Å². The predicted octanol–water partition coefficient (Wildman–Crippen LogP) is 3.54. The largest absolute Gasteiger partial charge is 0.366 e. The number of aromatic nitrogens is 2. The van der Waals surface area contributed by atoms with Crippen molar-refractivity contribution in [3.05, 3.63) is 17.0 Å². The summed E-state index contributed by atoms with van der Waals surface area (Å²) in [4.78, 5) is 8.62. The van der Waals surface area contributed by atoms with E-state index in [4.69, 9.17) is 11.6 Å². The highest BCUT2D eigenvalue weighted by Crippen LogP contribution is 2.63. The summed E-state index contributed by atoms with van der Waals surface area (Å²) in [5.74, 6) is 1.63. The fourth-order valence-corrected chi connectivity index (χ4v) is 2.60. The summed E-state index contributed by atoms with van der Waals surface area (Å²) in [6, 6.07) is 2.23. The first-order chi connectivity index (χ1) is 7.79. The van der Waals surface area contributed by atoms with Crippen molar-refractivity contribution < 1.29 is 0 Å². The Hall–Kier alpha value is -0.830. The van der Waals surface area contributed by atoms with E-state index < -0.39 is 0 Å². The normalized spacial score (nSPS) is 21.3. The van der Waals surface area contributed by atoms with Gasteiger partial charge in [0.05, 0.1) is 0 Å². The fourth-order valence-electron chi connectivity index (χ4n) is 2.40. The van der Waals surface area contributed by atoms with Crippen LogP contribution >= 0.6 is 11.6 Å². The summed E-state index contributed by atoms with van der Waals surface area (Å²) in [5.41, 5.74) is 0.577. The van der Waals surface area contributed by atoms with E-state index in [2.05, 4.69) is 43.0 Å². The third kappa shape index (κ3) is 2.01. The Bertz CT molecular complexity index is 426. The standard InChI is InChI=1S/C13H20ClN3/c1-6-9-15-8(14)7-10(16-9)17-11-12(2,3)13(11,4)5/h7,11H,6H2,1-5H3,(H,15,16,17). The van der Waals surface area contributed by atoms with E-state index in [0.717, 1.165) is 18.1 Å². The number of nitrogens with one attached hydrogen (secondary N) is 1. The van der Waals surface area contributed by atoms with Gasteiger partial charge in [-0.3, -0.25) is 0 Å². The van der Waals surface area contributed by atoms with E-state index in [9.17, 15) is 0 Å². The highest BCUT2D eigenvalue weighted by Gasteiger charge is 2.65.